The summed E-state index contributed by atoms with van der Waals surface area (Å²) >= 11 is 0. The first-order valence-corrected chi connectivity index (χ1v) is 13.3. The number of aryl methyl sites for hydroxylation is 2. The van der Waals surface area contributed by atoms with E-state index >= 15 is 0 Å². The van der Waals surface area contributed by atoms with Gasteiger partial charge in [-0.2, -0.15) is 13.2 Å². The van der Waals surface area contributed by atoms with Gasteiger partial charge in [-0.25, -0.2) is 9.64 Å². The van der Waals surface area contributed by atoms with Crippen molar-refractivity contribution in [3.05, 3.63) is 123 Å². The molecule has 218 valence electrons. The number of alkyl halides is 3. The maximum Gasteiger partial charge on any atom is 0.407 e. The zero-order valence-electron chi connectivity index (χ0n) is 23.5. The molecule has 0 unspecified atom stereocenters. The summed E-state index contributed by atoms with van der Waals surface area (Å²) in [5, 5.41) is 0.763. The molecule has 7 nitrogen and oxygen atoms in total. The zero-order chi connectivity index (χ0) is 30.9. The van der Waals surface area contributed by atoms with E-state index in [1.807, 2.05) is 32.0 Å². The van der Waals surface area contributed by atoms with Gasteiger partial charge in [-0.1, -0.05) is 35.9 Å². The van der Waals surface area contributed by atoms with Crippen LogP contribution < -0.4 is 10.3 Å². The molecule has 0 amide bonds. The molecular weight excluding hydrogens is 559 g/mol. The molecule has 0 aliphatic carbocycles. The Balaban J connectivity index is 1.58. The Bertz CT molecular complexity index is 1970. The molecule has 2 heterocycles. The van der Waals surface area contributed by atoms with E-state index in [-0.39, 0.29) is 18.8 Å². The summed E-state index contributed by atoms with van der Waals surface area (Å²) in [4.78, 5) is 31.5. The summed E-state index contributed by atoms with van der Waals surface area (Å²) in [7, 11) is 0. The number of hydrogen-bond donors (Lipinski definition) is 1. The van der Waals surface area contributed by atoms with E-state index in [0.717, 1.165) is 28.1 Å². The van der Waals surface area contributed by atoms with Crippen LogP contribution in [0.1, 0.15) is 39.7 Å². The van der Waals surface area contributed by atoms with E-state index in [2.05, 4.69) is 9.83 Å². The molecule has 0 bridgehead atoms. The molecule has 0 spiro atoms. The minimum absolute atomic E-state index is 0.00551. The van der Waals surface area contributed by atoms with E-state index < -0.39 is 29.0 Å². The van der Waals surface area contributed by atoms with Crippen LogP contribution >= 0.6 is 0 Å². The molecule has 0 saturated carbocycles. The highest BCUT2D eigenvalue weighted by atomic mass is 19.4. The topological polar surface area (TPSA) is 77.7 Å². The van der Waals surface area contributed by atoms with Gasteiger partial charge in [0.1, 0.15) is 17.2 Å². The molecule has 0 aliphatic heterocycles. The lowest BCUT2D eigenvalue weighted by atomic mass is 10.0. The van der Waals surface area contributed by atoms with E-state index in [1.54, 1.807) is 49.4 Å². The van der Waals surface area contributed by atoms with Crippen LogP contribution in [0.5, 0.6) is 11.5 Å². The minimum Gasteiger partial charge on any atom is -0.461 e. The Morgan fingerprint density at radius 1 is 1.00 bits per heavy atom. The Hall–Kier alpha value is -5.30. The number of nitrogens with zero attached hydrogens (tertiary/aromatic N) is 2. The predicted octanol–water partition coefficient (Wildman–Crippen LogP) is 8.20. The van der Waals surface area contributed by atoms with Gasteiger partial charge < -0.3 is 19.0 Å². The number of carbonyl (C=O) groups is 1. The van der Waals surface area contributed by atoms with Gasteiger partial charge in [0.2, 0.25) is 0 Å². The number of nitrogens with one attached hydrogen (secondary N) is 1. The molecular formula is C33H26F3N3O4. The van der Waals surface area contributed by atoms with E-state index in [9.17, 15) is 22.8 Å². The SMILES string of the molecule is [C-]#[N+]c1c(C(F)(F)F)cc(-c2cccc(Oc3ccc4cc(C(=O)OCC)[nH]c4c3)c2)n(Cc2ccc(C)cc2C)c1=O. The number of pyridine rings is 1. The summed E-state index contributed by atoms with van der Waals surface area (Å²) in [5.41, 5.74) is 0.521. The minimum atomic E-state index is -4.91. The van der Waals surface area contributed by atoms with Crippen LogP contribution in [0.3, 0.4) is 0 Å². The molecule has 43 heavy (non-hydrogen) atoms. The van der Waals surface area contributed by atoms with Crippen molar-refractivity contribution in [2.45, 2.75) is 33.5 Å². The molecule has 5 aromatic rings. The number of aromatic nitrogens is 2. The number of halogens is 3. The second-order valence-corrected chi connectivity index (χ2v) is 10.0. The number of ether oxygens (including phenoxy) is 2. The molecule has 0 saturated heterocycles. The summed E-state index contributed by atoms with van der Waals surface area (Å²) in [6.45, 7) is 13.1. The van der Waals surface area contributed by atoms with Crippen molar-refractivity contribution in [3.63, 3.8) is 0 Å². The summed E-state index contributed by atoms with van der Waals surface area (Å²) in [6, 6.07) is 19.6. The van der Waals surface area contributed by atoms with Gasteiger partial charge in [0.05, 0.1) is 25.3 Å². The second-order valence-electron chi connectivity index (χ2n) is 10.0. The number of H-pyrrole nitrogens is 1. The van der Waals surface area contributed by atoms with Crippen LogP contribution in [0.2, 0.25) is 0 Å². The van der Waals surface area contributed by atoms with Gasteiger partial charge in [-0.05, 0) is 68.3 Å². The fraction of sp³-hybridized carbons (Fsp3) is 0.182. The van der Waals surface area contributed by atoms with Crippen molar-refractivity contribution in [1.82, 2.24) is 9.55 Å². The van der Waals surface area contributed by atoms with Gasteiger partial charge in [-0.3, -0.25) is 4.79 Å². The zero-order valence-corrected chi connectivity index (χ0v) is 23.5. The van der Waals surface area contributed by atoms with Gasteiger partial charge in [0.25, 0.3) is 11.2 Å². The molecule has 0 fully saturated rings. The smallest absolute Gasteiger partial charge is 0.407 e. The summed E-state index contributed by atoms with van der Waals surface area (Å²) < 4.78 is 54.3. The third-order valence-electron chi connectivity index (χ3n) is 6.97. The number of carbonyl (C=O) groups excluding carboxylic acids is 1. The first kappa shape index (κ1) is 29.2. The number of hydrogen-bond acceptors (Lipinski definition) is 4. The molecule has 2 aromatic heterocycles. The van der Waals surface area contributed by atoms with Gasteiger partial charge in [-0.15, -0.1) is 0 Å². The van der Waals surface area contributed by atoms with Crippen molar-refractivity contribution in [2.75, 3.05) is 6.61 Å². The van der Waals surface area contributed by atoms with Gasteiger partial charge in [0.15, 0.2) is 0 Å². The first-order chi connectivity index (χ1) is 20.5. The highest BCUT2D eigenvalue weighted by Crippen LogP contribution is 2.38. The normalized spacial score (nSPS) is 11.4. The highest BCUT2D eigenvalue weighted by molar-refractivity contribution is 5.95. The van der Waals surface area contributed by atoms with Crippen molar-refractivity contribution in [2.24, 2.45) is 0 Å². The lowest BCUT2D eigenvalue weighted by Gasteiger charge is -2.19. The fourth-order valence-corrected chi connectivity index (χ4v) is 4.89. The molecule has 10 heteroatoms. The summed E-state index contributed by atoms with van der Waals surface area (Å²) in [5.74, 6) is 0.236. The van der Waals surface area contributed by atoms with E-state index in [0.29, 0.717) is 28.3 Å². The van der Waals surface area contributed by atoms with Gasteiger partial charge in [0, 0.05) is 28.2 Å². The highest BCUT2D eigenvalue weighted by Gasteiger charge is 2.36. The van der Waals surface area contributed by atoms with Crippen LogP contribution in [0.15, 0.2) is 77.6 Å². The largest absolute Gasteiger partial charge is 0.461 e. The molecule has 0 aliphatic rings. The molecule has 3 aromatic carbocycles. The molecule has 5 rings (SSSR count). The monoisotopic (exact) mass is 585 g/mol. The molecule has 0 radical (unpaired) electrons. The maximum absolute atomic E-state index is 14.0. The van der Waals surface area contributed by atoms with Crippen LogP contribution in [0, 0.1) is 20.4 Å². The van der Waals surface area contributed by atoms with E-state index in [1.165, 1.54) is 10.6 Å². The molecule has 1 N–H and O–H groups in total. The Morgan fingerprint density at radius 3 is 2.47 bits per heavy atom. The molecule has 0 atom stereocenters. The quantitative estimate of drug-likeness (QED) is 0.154. The third kappa shape index (κ3) is 6.02. The third-order valence-corrected chi connectivity index (χ3v) is 6.97. The van der Waals surface area contributed by atoms with Crippen molar-refractivity contribution in [1.29, 1.82) is 0 Å². The van der Waals surface area contributed by atoms with Crippen LogP contribution in [-0.2, 0) is 17.5 Å². The first-order valence-electron chi connectivity index (χ1n) is 13.3. The van der Waals surface area contributed by atoms with Crippen molar-refractivity contribution >= 4 is 22.6 Å². The number of benzene rings is 3. The second kappa shape index (κ2) is 11.5. The maximum atomic E-state index is 14.0. The van der Waals surface area contributed by atoms with Crippen LogP contribution in [0.4, 0.5) is 18.9 Å². The van der Waals surface area contributed by atoms with E-state index in [4.69, 9.17) is 16.0 Å². The number of esters is 1. The van der Waals surface area contributed by atoms with Crippen LogP contribution in [0.25, 0.3) is 27.0 Å². The average molecular weight is 586 g/mol. The lowest BCUT2D eigenvalue weighted by Crippen LogP contribution is -2.25. The van der Waals surface area contributed by atoms with Gasteiger partial charge >= 0.3 is 12.1 Å². The predicted molar refractivity (Wildman–Crippen MR) is 157 cm³/mol. The van der Waals surface area contributed by atoms with Crippen molar-refractivity contribution < 1.29 is 27.4 Å². The fourth-order valence-electron chi connectivity index (χ4n) is 4.89. The van der Waals surface area contributed by atoms with Crippen LogP contribution in [-0.4, -0.2) is 22.1 Å². The average Bonchev–Trinajstić information content (AvgIpc) is 3.38. The Kier molecular flexibility index (Phi) is 7.83. The standard InChI is InChI=1S/C33H26F3N3O4/c1-5-42-32(41)28-15-21-11-12-25(16-27(21)38-28)43-24-8-6-7-22(14-24)29-17-26(33(34,35)36)30(37-4)31(40)39(29)18-23-10-9-19(2)13-20(23)3/h6-17,38H,5,18H2,1-3H3. The number of aromatic amines is 1. The lowest BCUT2D eigenvalue weighted by molar-refractivity contribution is -0.136. The Morgan fingerprint density at radius 2 is 1.77 bits per heavy atom. The van der Waals surface area contributed by atoms with Crippen molar-refractivity contribution in [3.8, 4) is 22.8 Å². The Labute approximate surface area is 244 Å². The number of rotatable bonds is 7. The summed E-state index contributed by atoms with van der Waals surface area (Å²) in [6.07, 6.45) is -4.91. The number of fused-ring (bicyclic) bond motifs is 1.